The van der Waals surface area contributed by atoms with Crippen LogP contribution in [0.25, 0.3) is 0 Å². The Morgan fingerprint density at radius 2 is 0.706 bits per heavy atom. The zero-order chi connectivity index (χ0) is 61.7. The van der Waals surface area contributed by atoms with Gasteiger partial charge in [0.05, 0.1) is 25.4 Å². The lowest BCUT2D eigenvalue weighted by molar-refractivity contribution is -0.303. The van der Waals surface area contributed by atoms with Gasteiger partial charge in [-0.25, -0.2) is 0 Å². The topological polar surface area (TPSA) is 189 Å². The molecule has 1 rings (SSSR count). The molecule has 0 bridgehead atoms. The van der Waals surface area contributed by atoms with Crippen molar-refractivity contribution in [2.45, 2.75) is 416 Å². The maximum atomic E-state index is 13.3. The molecule has 502 valence electrons. The van der Waals surface area contributed by atoms with Gasteiger partial charge >= 0.3 is 0 Å². The molecule has 0 radical (unpaired) electrons. The van der Waals surface area contributed by atoms with Gasteiger partial charge in [-0.3, -0.25) is 4.79 Å². The lowest BCUT2D eigenvalue weighted by Crippen LogP contribution is -2.60. The lowest BCUT2D eigenvalue weighted by atomic mass is 9.98. The molecule has 0 spiro atoms. The van der Waals surface area contributed by atoms with Crippen LogP contribution in [0.3, 0.4) is 0 Å². The van der Waals surface area contributed by atoms with Crippen molar-refractivity contribution in [3.05, 3.63) is 36.5 Å². The molecule has 9 unspecified atom stereocenters. The first-order valence-electron chi connectivity index (χ1n) is 36.9. The van der Waals surface area contributed by atoms with Crippen LogP contribution in [0.1, 0.15) is 361 Å². The van der Waals surface area contributed by atoms with E-state index in [9.17, 15) is 40.5 Å². The first-order chi connectivity index (χ1) is 41.7. The third-order valence-corrected chi connectivity index (χ3v) is 17.9. The SMILES string of the molecule is CCCCCCCCCCCCCCCCCCCC/C=C/CC/C=C/CC/C=C/CCCC(O)C(O)C(COC1OC(CO)C(O)C(O)C1O)NC(=O)C(O)CCCCCCCCCCCCCCCCCCCCCCCCCCCCC. The van der Waals surface area contributed by atoms with Gasteiger partial charge in [-0.05, 0) is 64.2 Å². The molecular weight excluding hydrogens is 1060 g/mol. The third-order valence-electron chi connectivity index (χ3n) is 17.9. The predicted octanol–water partition coefficient (Wildman–Crippen LogP) is 18.1. The largest absolute Gasteiger partial charge is 0.394 e. The summed E-state index contributed by atoms with van der Waals surface area (Å²) < 4.78 is 11.2. The van der Waals surface area contributed by atoms with Crippen molar-refractivity contribution >= 4 is 5.91 Å². The highest BCUT2D eigenvalue weighted by molar-refractivity contribution is 5.80. The third kappa shape index (κ3) is 49.8. The second kappa shape index (κ2) is 62.5. The second-order valence-electron chi connectivity index (χ2n) is 26.0. The number of aliphatic hydroxyl groups excluding tert-OH is 7. The Morgan fingerprint density at radius 1 is 0.400 bits per heavy atom. The standard InChI is InChI=1S/C74H141NO10/c1-3-5-7-9-11-13-15-17-19-21-23-25-27-29-31-32-33-34-36-37-39-41-43-45-47-49-51-53-55-57-59-61-66(77)69(79)65(64-84-74-72(82)71(81)70(80)68(63-76)85-74)75-73(83)67(78)62-60-58-56-54-52-50-48-46-44-42-40-38-35-30-28-26-24-22-20-18-16-14-12-10-8-6-4-2/h37,39,45,47,53,55,65-72,74,76-82H,3-36,38,40-44,46,48-52,54,56-64H2,1-2H3,(H,75,83)/b39-37+,47-45+,55-53+. The summed E-state index contributed by atoms with van der Waals surface area (Å²) in [5, 5.41) is 76.5. The zero-order valence-corrected chi connectivity index (χ0v) is 55.6. The molecule has 8 N–H and O–H groups in total. The summed E-state index contributed by atoms with van der Waals surface area (Å²) >= 11 is 0. The maximum Gasteiger partial charge on any atom is 0.249 e. The summed E-state index contributed by atoms with van der Waals surface area (Å²) in [6, 6.07) is -1.19. The van der Waals surface area contributed by atoms with Gasteiger partial charge in [0, 0.05) is 0 Å². The van der Waals surface area contributed by atoms with Crippen LogP contribution in [0.2, 0.25) is 0 Å². The average Bonchev–Trinajstić information content (AvgIpc) is 3.67. The van der Waals surface area contributed by atoms with Crippen molar-refractivity contribution in [3.63, 3.8) is 0 Å². The first kappa shape index (κ1) is 81.3. The number of rotatable bonds is 65. The van der Waals surface area contributed by atoms with Gasteiger partial charge < -0.3 is 50.5 Å². The van der Waals surface area contributed by atoms with Crippen LogP contribution in [0, 0.1) is 0 Å². The zero-order valence-electron chi connectivity index (χ0n) is 55.6. The van der Waals surface area contributed by atoms with Gasteiger partial charge in [-0.1, -0.05) is 333 Å². The molecule has 0 aliphatic carbocycles. The monoisotopic (exact) mass is 1200 g/mol. The van der Waals surface area contributed by atoms with E-state index in [1.165, 1.54) is 270 Å². The van der Waals surface area contributed by atoms with Crippen molar-refractivity contribution in [2.24, 2.45) is 0 Å². The normalized spacial score (nSPS) is 19.0. The van der Waals surface area contributed by atoms with Crippen LogP contribution >= 0.6 is 0 Å². The summed E-state index contributed by atoms with van der Waals surface area (Å²) in [6.07, 6.45) is 69.6. The Kier molecular flexibility index (Phi) is 59.8. The minimum Gasteiger partial charge on any atom is -0.394 e. The minimum atomic E-state index is -1.67. The van der Waals surface area contributed by atoms with Gasteiger partial charge in [0.2, 0.25) is 5.91 Å². The van der Waals surface area contributed by atoms with Crippen molar-refractivity contribution in [3.8, 4) is 0 Å². The number of aliphatic hydroxyl groups is 7. The molecule has 0 saturated carbocycles. The van der Waals surface area contributed by atoms with Crippen LogP contribution in [0.15, 0.2) is 36.5 Å². The molecule has 0 aromatic rings. The van der Waals surface area contributed by atoms with Gasteiger partial charge in [0.15, 0.2) is 6.29 Å². The summed E-state index contributed by atoms with van der Waals surface area (Å²) in [6.45, 7) is 3.50. The Morgan fingerprint density at radius 3 is 1.05 bits per heavy atom. The smallest absolute Gasteiger partial charge is 0.249 e. The summed E-state index contributed by atoms with van der Waals surface area (Å²) in [5.41, 5.74) is 0. The molecule has 1 saturated heterocycles. The highest BCUT2D eigenvalue weighted by Gasteiger charge is 2.44. The van der Waals surface area contributed by atoms with Crippen LogP contribution in [0.5, 0.6) is 0 Å². The molecule has 1 fully saturated rings. The Bertz CT molecular complexity index is 1480. The summed E-state index contributed by atoms with van der Waals surface area (Å²) in [7, 11) is 0. The van der Waals surface area contributed by atoms with E-state index in [1.54, 1.807) is 0 Å². The van der Waals surface area contributed by atoms with Crippen molar-refractivity contribution in [1.29, 1.82) is 0 Å². The molecule has 85 heavy (non-hydrogen) atoms. The van der Waals surface area contributed by atoms with Gasteiger partial charge in [-0.15, -0.1) is 0 Å². The van der Waals surface area contributed by atoms with Crippen LogP contribution in [0.4, 0.5) is 0 Å². The van der Waals surface area contributed by atoms with Crippen LogP contribution in [-0.4, -0.2) is 110 Å². The number of carbonyl (C=O) groups is 1. The molecule has 11 nitrogen and oxygen atoms in total. The molecule has 1 heterocycles. The fourth-order valence-electron chi connectivity index (χ4n) is 12.0. The average molecular weight is 1200 g/mol. The van der Waals surface area contributed by atoms with Crippen molar-refractivity contribution in [1.82, 2.24) is 5.32 Å². The van der Waals surface area contributed by atoms with E-state index in [0.717, 1.165) is 44.9 Å². The molecule has 0 aromatic carbocycles. The number of hydrogen-bond donors (Lipinski definition) is 8. The number of hydrogen-bond acceptors (Lipinski definition) is 10. The molecule has 11 heteroatoms. The molecular formula is C74H141NO10. The predicted molar refractivity (Wildman–Crippen MR) is 358 cm³/mol. The minimum absolute atomic E-state index is 0.243. The molecule has 1 aliphatic rings. The fraction of sp³-hybridized carbons (Fsp3) is 0.905. The van der Waals surface area contributed by atoms with E-state index in [2.05, 4.69) is 55.6 Å². The van der Waals surface area contributed by atoms with Crippen LogP contribution < -0.4 is 5.32 Å². The number of allylic oxidation sites excluding steroid dienone is 6. The van der Waals surface area contributed by atoms with Crippen molar-refractivity contribution < 1.29 is 50.0 Å². The number of amides is 1. The molecule has 1 amide bonds. The van der Waals surface area contributed by atoms with E-state index in [0.29, 0.717) is 19.3 Å². The van der Waals surface area contributed by atoms with Gasteiger partial charge in [0.25, 0.3) is 0 Å². The van der Waals surface area contributed by atoms with E-state index in [4.69, 9.17) is 9.47 Å². The van der Waals surface area contributed by atoms with Gasteiger partial charge in [-0.2, -0.15) is 0 Å². The van der Waals surface area contributed by atoms with E-state index < -0.39 is 74.2 Å². The highest BCUT2D eigenvalue weighted by atomic mass is 16.7. The van der Waals surface area contributed by atoms with Gasteiger partial charge in [0.1, 0.15) is 36.6 Å². The highest BCUT2D eigenvalue weighted by Crippen LogP contribution is 2.24. The molecule has 0 aromatic heterocycles. The number of ether oxygens (including phenoxy) is 2. The Labute approximate surface area is 524 Å². The van der Waals surface area contributed by atoms with Crippen LogP contribution in [-0.2, 0) is 14.3 Å². The first-order valence-corrected chi connectivity index (χ1v) is 36.9. The van der Waals surface area contributed by atoms with Crippen molar-refractivity contribution in [2.75, 3.05) is 13.2 Å². The quantitative estimate of drug-likeness (QED) is 0.0215. The van der Waals surface area contributed by atoms with E-state index in [1.807, 2.05) is 0 Å². The van der Waals surface area contributed by atoms with E-state index in [-0.39, 0.29) is 12.8 Å². The van der Waals surface area contributed by atoms with E-state index >= 15 is 0 Å². The molecule has 9 atom stereocenters. The fourth-order valence-corrected chi connectivity index (χ4v) is 12.0. The number of unbranched alkanes of at least 4 members (excludes halogenated alkanes) is 47. The lowest BCUT2D eigenvalue weighted by Gasteiger charge is -2.40. The summed E-state index contributed by atoms with van der Waals surface area (Å²) in [5.74, 6) is -0.706. The second-order valence-corrected chi connectivity index (χ2v) is 26.0. The summed E-state index contributed by atoms with van der Waals surface area (Å²) in [4.78, 5) is 13.3. The Balaban J connectivity index is 2.21. The number of carbonyl (C=O) groups excluding carboxylic acids is 1. The maximum absolute atomic E-state index is 13.3. The molecule has 1 aliphatic heterocycles. The Hall–Kier alpha value is -1.67. The number of nitrogens with one attached hydrogen (secondary N) is 1.